The molecule has 3 N–H and O–H groups in total. The third kappa shape index (κ3) is 2.79. The Bertz CT molecular complexity index is 677. The van der Waals surface area contributed by atoms with Crippen molar-refractivity contribution in [2.75, 3.05) is 11.1 Å². The van der Waals surface area contributed by atoms with Crippen molar-refractivity contribution in [3.63, 3.8) is 0 Å². The highest BCUT2D eigenvalue weighted by atomic mass is 16.6. The van der Waals surface area contributed by atoms with Crippen LogP contribution in [0.4, 0.5) is 22.7 Å². The first-order valence-electron chi connectivity index (χ1n) is 5.41. The van der Waals surface area contributed by atoms with Crippen LogP contribution in [0.1, 0.15) is 5.56 Å². The first-order valence-corrected chi connectivity index (χ1v) is 5.41. The minimum Gasteiger partial charge on any atom is -0.393 e. The fourth-order valence-electron chi connectivity index (χ4n) is 1.63. The average Bonchev–Trinajstić information content (AvgIpc) is 2.38. The molecule has 6 nitrogen and oxygen atoms in total. The molecule has 6 heteroatoms. The van der Waals surface area contributed by atoms with Crippen LogP contribution < -0.4 is 11.1 Å². The molecule has 0 amide bonds. The summed E-state index contributed by atoms with van der Waals surface area (Å²) in [6.07, 6.45) is 0. The Kier molecular flexibility index (Phi) is 3.30. The van der Waals surface area contributed by atoms with Crippen molar-refractivity contribution < 1.29 is 4.92 Å². The number of nitrogens with one attached hydrogen (secondary N) is 1. The molecule has 0 unspecified atom stereocenters. The van der Waals surface area contributed by atoms with Gasteiger partial charge in [-0.15, -0.1) is 0 Å². The maximum Gasteiger partial charge on any atom is 0.292 e. The van der Waals surface area contributed by atoms with E-state index >= 15 is 0 Å². The van der Waals surface area contributed by atoms with E-state index in [1.165, 1.54) is 12.1 Å². The number of anilines is 3. The fraction of sp³-hybridized carbons (Fsp3) is 0. The van der Waals surface area contributed by atoms with E-state index in [0.29, 0.717) is 16.9 Å². The second-order valence-electron chi connectivity index (χ2n) is 3.85. The second-order valence-corrected chi connectivity index (χ2v) is 3.85. The first-order chi connectivity index (χ1) is 9.10. The minimum atomic E-state index is -0.532. The molecule has 0 bridgehead atoms. The van der Waals surface area contributed by atoms with Crippen molar-refractivity contribution in [1.29, 1.82) is 5.26 Å². The Morgan fingerprint density at radius 3 is 2.58 bits per heavy atom. The number of benzene rings is 2. The molecule has 2 aromatic carbocycles. The van der Waals surface area contributed by atoms with Crippen LogP contribution in [0.3, 0.4) is 0 Å². The van der Waals surface area contributed by atoms with Gasteiger partial charge in [0.25, 0.3) is 5.69 Å². The molecule has 0 radical (unpaired) electrons. The average molecular weight is 254 g/mol. The summed E-state index contributed by atoms with van der Waals surface area (Å²) < 4.78 is 0. The van der Waals surface area contributed by atoms with Gasteiger partial charge in [-0.1, -0.05) is 6.07 Å². The molecule has 0 aromatic heterocycles. The zero-order chi connectivity index (χ0) is 13.8. The van der Waals surface area contributed by atoms with E-state index < -0.39 is 4.92 Å². The SMILES string of the molecule is N#Cc1cccc(Nc2ccc([N+](=O)[O-])c(N)c2)c1. The summed E-state index contributed by atoms with van der Waals surface area (Å²) in [4.78, 5) is 10.1. The van der Waals surface area contributed by atoms with Gasteiger partial charge >= 0.3 is 0 Å². The maximum atomic E-state index is 10.6. The number of hydrogen-bond donors (Lipinski definition) is 2. The van der Waals surface area contributed by atoms with Gasteiger partial charge in [0, 0.05) is 17.4 Å². The normalized spacial score (nSPS) is 9.63. The largest absolute Gasteiger partial charge is 0.393 e. The summed E-state index contributed by atoms with van der Waals surface area (Å²) in [5.74, 6) is 0. The summed E-state index contributed by atoms with van der Waals surface area (Å²) in [5, 5.41) is 22.5. The van der Waals surface area contributed by atoms with E-state index in [2.05, 4.69) is 5.32 Å². The lowest BCUT2D eigenvalue weighted by atomic mass is 10.2. The molecule has 0 atom stereocenters. The number of nitrogens with two attached hydrogens (primary N) is 1. The minimum absolute atomic E-state index is 0.0893. The molecule has 0 spiro atoms. The fourth-order valence-corrected chi connectivity index (χ4v) is 1.63. The predicted molar refractivity (Wildman–Crippen MR) is 71.9 cm³/mol. The lowest BCUT2D eigenvalue weighted by Gasteiger charge is -2.07. The molecule has 0 saturated heterocycles. The first kappa shape index (κ1) is 12.4. The van der Waals surface area contributed by atoms with Crippen molar-refractivity contribution >= 4 is 22.7 Å². The van der Waals surface area contributed by atoms with Crippen molar-refractivity contribution in [3.8, 4) is 6.07 Å². The summed E-state index contributed by atoms with van der Waals surface area (Å²) in [6.45, 7) is 0. The summed E-state index contributed by atoms with van der Waals surface area (Å²) >= 11 is 0. The Labute approximate surface area is 109 Å². The monoisotopic (exact) mass is 254 g/mol. The Morgan fingerprint density at radius 2 is 1.95 bits per heavy atom. The molecule has 0 aliphatic carbocycles. The molecular weight excluding hydrogens is 244 g/mol. The molecule has 94 valence electrons. The highest BCUT2D eigenvalue weighted by Crippen LogP contribution is 2.26. The van der Waals surface area contributed by atoms with E-state index in [1.807, 2.05) is 6.07 Å². The Hall–Kier alpha value is -3.07. The molecule has 0 saturated carbocycles. The van der Waals surface area contributed by atoms with Crippen LogP contribution in [0.15, 0.2) is 42.5 Å². The molecule has 0 fully saturated rings. The van der Waals surface area contributed by atoms with E-state index in [9.17, 15) is 10.1 Å². The number of nitriles is 1. The zero-order valence-electron chi connectivity index (χ0n) is 9.83. The summed E-state index contributed by atoms with van der Waals surface area (Å²) in [6, 6.07) is 13.3. The maximum absolute atomic E-state index is 10.6. The van der Waals surface area contributed by atoms with Crippen molar-refractivity contribution in [1.82, 2.24) is 0 Å². The molecule has 0 heterocycles. The summed E-state index contributed by atoms with van der Waals surface area (Å²) in [5.41, 5.74) is 7.42. The van der Waals surface area contributed by atoms with Crippen molar-refractivity contribution in [3.05, 3.63) is 58.1 Å². The highest BCUT2D eigenvalue weighted by molar-refractivity contribution is 5.70. The smallest absolute Gasteiger partial charge is 0.292 e. The lowest BCUT2D eigenvalue weighted by molar-refractivity contribution is -0.383. The third-order valence-corrected chi connectivity index (χ3v) is 2.50. The van der Waals surface area contributed by atoms with E-state index in [-0.39, 0.29) is 11.4 Å². The number of hydrogen-bond acceptors (Lipinski definition) is 5. The second kappa shape index (κ2) is 5.06. The molecule has 19 heavy (non-hydrogen) atoms. The number of rotatable bonds is 3. The van der Waals surface area contributed by atoms with Crippen LogP contribution >= 0.6 is 0 Å². The van der Waals surface area contributed by atoms with Gasteiger partial charge in [0.1, 0.15) is 5.69 Å². The Morgan fingerprint density at radius 1 is 1.21 bits per heavy atom. The van der Waals surface area contributed by atoms with Crippen LogP contribution in [-0.4, -0.2) is 4.92 Å². The van der Waals surface area contributed by atoms with E-state index in [1.54, 1.807) is 30.3 Å². The predicted octanol–water partition coefficient (Wildman–Crippen LogP) is 2.79. The zero-order valence-corrected chi connectivity index (χ0v) is 9.83. The van der Waals surface area contributed by atoms with Crippen LogP contribution in [-0.2, 0) is 0 Å². The van der Waals surface area contributed by atoms with Gasteiger partial charge in [-0.25, -0.2) is 0 Å². The molecule has 2 aromatic rings. The van der Waals surface area contributed by atoms with Gasteiger partial charge in [0.05, 0.1) is 16.6 Å². The van der Waals surface area contributed by atoms with Crippen LogP contribution in [0, 0.1) is 21.4 Å². The quantitative estimate of drug-likeness (QED) is 0.497. The van der Waals surface area contributed by atoms with Gasteiger partial charge in [0.2, 0.25) is 0 Å². The molecular formula is C13H10N4O2. The number of nitrogen functional groups attached to an aromatic ring is 1. The standard InChI is InChI=1S/C13H10N4O2/c14-8-9-2-1-3-10(6-9)16-11-4-5-13(17(18)19)12(15)7-11/h1-7,16H,15H2. The van der Waals surface area contributed by atoms with Crippen LogP contribution in [0.2, 0.25) is 0 Å². The molecule has 0 aliphatic heterocycles. The third-order valence-electron chi connectivity index (χ3n) is 2.50. The topological polar surface area (TPSA) is 105 Å². The lowest BCUT2D eigenvalue weighted by Crippen LogP contribution is -1.97. The van der Waals surface area contributed by atoms with E-state index in [0.717, 1.165) is 0 Å². The van der Waals surface area contributed by atoms with Gasteiger partial charge in [-0.3, -0.25) is 10.1 Å². The van der Waals surface area contributed by atoms with Crippen molar-refractivity contribution in [2.24, 2.45) is 0 Å². The van der Waals surface area contributed by atoms with Crippen molar-refractivity contribution in [2.45, 2.75) is 0 Å². The van der Waals surface area contributed by atoms with Gasteiger partial charge in [-0.05, 0) is 30.3 Å². The molecule has 2 rings (SSSR count). The van der Waals surface area contributed by atoms with Gasteiger partial charge in [0.15, 0.2) is 0 Å². The number of nitro benzene ring substituents is 1. The molecule has 0 aliphatic rings. The van der Waals surface area contributed by atoms with Gasteiger partial charge < -0.3 is 11.1 Å². The van der Waals surface area contributed by atoms with E-state index in [4.69, 9.17) is 11.0 Å². The highest BCUT2D eigenvalue weighted by Gasteiger charge is 2.11. The Balaban J connectivity index is 2.26. The number of nitro groups is 1. The number of nitrogens with zero attached hydrogens (tertiary/aromatic N) is 2. The van der Waals surface area contributed by atoms with Crippen LogP contribution in [0.5, 0.6) is 0 Å². The van der Waals surface area contributed by atoms with Crippen LogP contribution in [0.25, 0.3) is 0 Å². The van der Waals surface area contributed by atoms with Gasteiger partial charge in [-0.2, -0.15) is 5.26 Å². The summed E-state index contributed by atoms with van der Waals surface area (Å²) in [7, 11) is 0.